The standard InChI is InChI=1S/C27H62O16Si4/c1-44(12-5-8-36-20-24(32)16-28)40-45(2,13-6-9-37-21-25(33)17-29)42-47(4,15-11-39-23-27(35)19-31)43-46(3,41-44)14-7-10-38-22-26(34)18-30/h24-35H,5-23H2,1-4H3. The van der Waals surface area contributed by atoms with Gasteiger partial charge in [0.2, 0.25) is 0 Å². The molecular weight excluding hydrogens is 693 g/mol. The maximum atomic E-state index is 9.73. The zero-order chi connectivity index (χ0) is 35.4. The molecule has 0 aromatic heterocycles. The highest BCUT2D eigenvalue weighted by atomic mass is 28.5. The molecule has 16 nitrogen and oxygen atoms in total. The number of hydrogen-bond acceptors (Lipinski definition) is 16. The van der Waals surface area contributed by atoms with E-state index < -0.39 is 65.3 Å². The maximum Gasteiger partial charge on any atom is 0.319 e. The largest absolute Gasteiger partial charge is 0.416 e. The molecule has 1 aliphatic rings. The Labute approximate surface area is 283 Å². The fraction of sp³-hybridized carbons (Fsp3) is 1.00. The van der Waals surface area contributed by atoms with Crippen molar-refractivity contribution in [2.24, 2.45) is 0 Å². The molecule has 0 radical (unpaired) electrons. The van der Waals surface area contributed by atoms with E-state index >= 15 is 0 Å². The monoisotopic (exact) mass is 754 g/mol. The van der Waals surface area contributed by atoms with E-state index in [1.807, 2.05) is 26.2 Å². The predicted molar refractivity (Wildman–Crippen MR) is 180 cm³/mol. The van der Waals surface area contributed by atoms with Crippen LogP contribution >= 0.6 is 0 Å². The molecule has 0 aliphatic carbocycles. The minimum atomic E-state index is -3.06. The van der Waals surface area contributed by atoms with Crippen molar-refractivity contribution in [1.82, 2.24) is 0 Å². The Morgan fingerprint density at radius 3 is 0.894 bits per heavy atom. The molecule has 1 heterocycles. The molecule has 282 valence electrons. The van der Waals surface area contributed by atoms with Crippen molar-refractivity contribution in [1.29, 1.82) is 0 Å². The molecule has 0 spiro atoms. The molecule has 0 bridgehead atoms. The van der Waals surface area contributed by atoms with Crippen LogP contribution < -0.4 is 0 Å². The van der Waals surface area contributed by atoms with Crippen molar-refractivity contribution >= 4 is 34.2 Å². The summed E-state index contributed by atoms with van der Waals surface area (Å²) in [4.78, 5) is 0. The van der Waals surface area contributed by atoms with Gasteiger partial charge in [-0.1, -0.05) is 0 Å². The van der Waals surface area contributed by atoms with Gasteiger partial charge in [0, 0.05) is 32.5 Å². The van der Waals surface area contributed by atoms with Crippen LogP contribution in [0.3, 0.4) is 0 Å². The van der Waals surface area contributed by atoms with Crippen LogP contribution in [-0.2, 0) is 35.4 Å². The van der Waals surface area contributed by atoms with Crippen molar-refractivity contribution in [3.63, 3.8) is 0 Å². The quantitative estimate of drug-likeness (QED) is 0.0371. The SMILES string of the molecule is C[Si]1(CCCOCC(O)CO)O[Si](C)(CCCOCC(O)CO)O[Si](C)(CCOCC(O)CO)O[Si](C)(CCCOCC(O)CO)O1. The second kappa shape index (κ2) is 23.7. The Morgan fingerprint density at radius 2 is 0.638 bits per heavy atom. The van der Waals surface area contributed by atoms with Crippen LogP contribution in [0.15, 0.2) is 0 Å². The summed E-state index contributed by atoms with van der Waals surface area (Å²) in [6.45, 7) is 7.53. The molecule has 6 unspecified atom stereocenters. The normalized spacial score (nSPS) is 29.6. The summed E-state index contributed by atoms with van der Waals surface area (Å²) in [7, 11) is -12.1. The first-order chi connectivity index (χ1) is 22.1. The lowest BCUT2D eigenvalue weighted by Crippen LogP contribution is -2.67. The topological polar surface area (TPSA) is 236 Å². The molecule has 6 atom stereocenters. The highest BCUT2D eigenvalue weighted by Gasteiger charge is 2.56. The van der Waals surface area contributed by atoms with Gasteiger partial charge in [-0.2, -0.15) is 0 Å². The third kappa shape index (κ3) is 20.0. The zero-order valence-electron chi connectivity index (χ0n) is 28.6. The second-order valence-corrected chi connectivity index (χ2v) is 27.0. The highest BCUT2D eigenvalue weighted by Crippen LogP contribution is 2.38. The van der Waals surface area contributed by atoms with Gasteiger partial charge in [-0.3, -0.25) is 0 Å². The van der Waals surface area contributed by atoms with Gasteiger partial charge >= 0.3 is 34.2 Å². The summed E-state index contributed by atoms with van der Waals surface area (Å²) in [6.07, 6.45) is -2.14. The average Bonchev–Trinajstić information content (AvgIpc) is 3.00. The molecule has 1 fully saturated rings. The van der Waals surface area contributed by atoms with E-state index in [1.54, 1.807) is 0 Å². The van der Waals surface area contributed by atoms with E-state index in [4.69, 9.17) is 55.8 Å². The molecule has 1 rings (SSSR count). The van der Waals surface area contributed by atoms with Crippen LogP contribution in [0.1, 0.15) is 19.3 Å². The minimum absolute atomic E-state index is 0.0102. The van der Waals surface area contributed by atoms with E-state index in [-0.39, 0.29) is 52.9 Å². The van der Waals surface area contributed by atoms with E-state index in [0.717, 1.165) is 0 Å². The van der Waals surface area contributed by atoms with E-state index in [9.17, 15) is 20.4 Å². The number of hydrogen-bond donors (Lipinski definition) is 8. The highest BCUT2D eigenvalue weighted by molar-refractivity contribution is 6.93. The summed E-state index contributed by atoms with van der Waals surface area (Å²) in [5.74, 6) is 0. The second-order valence-electron chi connectivity index (χ2n) is 12.6. The van der Waals surface area contributed by atoms with Crippen molar-refractivity contribution in [2.75, 3.05) is 79.3 Å². The van der Waals surface area contributed by atoms with Crippen LogP contribution in [0, 0.1) is 0 Å². The molecular formula is C27H62O16Si4. The van der Waals surface area contributed by atoms with Crippen LogP contribution in [-0.4, -0.2) is 179 Å². The minimum Gasteiger partial charge on any atom is -0.416 e. The predicted octanol–water partition coefficient (Wildman–Crippen LogP) is -0.996. The Kier molecular flexibility index (Phi) is 22.8. The molecule has 8 N–H and O–H groups in total. The lowest BCUT2D eigenvalue weighted by atomic mass is 10.4. The van der Waals surface area contributed by atoms with Gasteiger partial charge in [0.05, 0.1) is 52.9 Å². The average molecular weight is 755 g/mol. The van der Waals surface area contributed by atoms with E-state index in [2.05, 4.69) is 0 Å². The summed E-state index contributed by atoms with van der Waals surface area (Å²) < 4.78 is 50.3. The van der Waals surface area contributed by atoms with Gasteiger partial charge in [-0.15, -0.1) is 0 Å². The third-order valence-electron chi connectivity index (χ3n) is 7.27. The molecule has 1 saturated heterocycles. The lowest BCUT2D eigenvalue weighted by molar-refractivity contribution is 0.00562. The van der Waals surface area contributed by atoms with Crippen LogP contribution in [0.2, 0.25) is 50.4 Å². The third-order valence-corrected chi connectivity index (χ3v) is 26.0. The van der Waals surface area contributed by atoms with Crippen molar-refractivity contribution in [3.05, 3.63) is 0 Å². The summed E-state index contributed by atoms with van der Waals surface area (Å²) >= 11 is 0. The van der Waals surface area contributed by atoms with Crippen molar-refractivity contribution in [2.45, 2.75) is 94.0 Å². The zero-order valence-corrected chi connectivity index (χ0v) is 32.6. The molecule has 20 heteroatoms. The van der Waals surface area contributed by atoms with Gasteiger partial charge in [0.25, 0.3) is 0 Å². The molecule has 0 aromatic carbocycles. The summed E-state index contributed by atoms with van der Waals surface area (Å²) in [5.41, 5.74) is 0. The Morgan fingerprint density at radius 1 is 0.404 bits per heavy atom. The van der Waals surface area contributed by atoms with Crippen LogP contribution in [0.5, 0.6) is 0 Å². The number of rotatable bonds is 27. The first-order valence-electron chi connectivity index (χ1n) is 16.4. The fourth-order valence-electron chi connectivity index (χ4n) is 5.15. The van der Waals surface area contributed by atoms with Gasteiger partial charge in [0.1, 0.15) is 24.4 Å². The first-order valence-corrected chi connectivity index (χ1v) is 26.5. The number of aliphatic hydroxyl groups excluding tert-OH is 8. The molecule has 0 saturated carbocycles. The van der Waals surface area contributed by atoms with Crippen molar-refractivity contribution < 1.29 is 76.3 Å². The van der Waals surface area contributed by atoms with Gasteiger partial charge < -0.3 is 76.3 Å². The molecule has 1 aliphatic heterocycles. The first kappa shape index (κ1) is 45.2. The molecule has 47 heavy (non-hydrogen) atoms. The lowest BCUT2D eigenvalue weighted by Gasteiger charge is -2.50. The smallest absolute Gasteiger partial charge is 0.319 e. The van der Waals surface area contributed by atoms with Crippen LogP contribution in [0.4, 0.5) is 0 Å². The van der Waals surface area contributed by atoms with E-state index in [1.165, 1.54) is 0 Å². The van der Waals surface area contributed by atoms with Gasteiger partial charge in [0.15, 0.2) is 0 Å². The Bertz CT molecular complexity index is 772. The molecule has 0 aromatic rings. The van der Waals surface area contributed by atoms with E-state index in [0.29, 0.717) is 63.3 Å². The summed E-state index contributed by atoms with van der Waals surface area (Å²) in [5, 5.41) is 74.9. The van der Waals surface area contributed by atoms with Gasteiger partial charge in [-0.25, -0.2) is 0 Å². The van der Waals surface area contributed by atoms with Crippen molar-refractivity contribution in [3.8, 4) is 0 Å². The maximum absolute atomic E-state index is 9.73. The summed E-state index contributed by atoms with van der Waals surface area (Å²) in [6, 6.07) is 2.06. The fourth-order valence-corrected chi connectivity index (χ4v) is 28.1. The van der Waals surface area contributed by atoms with Gasteiger partial charge in [-0.05, 0) is 63.6 Å². The Balaban J connectivity index is 3.19. The Hall–Kier alpha value is 0.228. The number of ether oxygens (including phenoxy) is 4. The number of aliphatic hydroxyl groups is 8. The van der Waals surface area contributed by atoms with Crippen LogP contribution in [0.25, 0.3) is 0 Å². The molecule has 0 amide bonds.